The molecule has 17 heavy (non-hydrogen) atoms. The molecular formula is C8H8FN5O2S. The third-order valence-electron chi connectivity index (χ3n) is 1.86. The van der Waals surface area contributed by atoms with Crippen molar-refractivity contribution < 1.29 is 12.8 Å². The quantitative estimate of drug-likeness (QED) is 0.845. The molecule has 7 nitrogen and oxygen atoms in total. The monoisotopic (exact) mass is 257 g/mol. The van der Waals surface area contributed by atoms with Crippen LogP contribution >= 0.6 is 0 Å². The van der Waals surface area contributed by atoms with Crippen molar-refractivity contribution in [1.82, 2.24) is 20.2 Å². The Balaban J connectivity index is 2.28. The Bertz CT molecular complexity index is 622. The van der Waals surface area contributed by atoms with E-state index in [0.29, 0.717) is 0 Å². The molecule has 1 aromatic carbocycles. The lowest BCUT2D eigenvalue weighted by Gasteiger charge is -2.03. The van der Waals surface area contributed by atoms with E-state index in [1.165, 1.54) is 7.05 Å². The maximum Gasteiger partial charge on any atom is 0.277 e. The van der Waals surface area contributed by atoms with Gasteiger partial charge in [-0.05, 0) is 29.5 Å². The lowest BCUT2D eigenvalue weighted by molar-refractivity contribution is 0.599. The Kier molecular flexibility index (Phi) is 2.76. The van der Waals surface area contributed by atoms with Gasteiger partial charge >= 0.3 is 0 Å². The molecule has 0 radical (unpaired) electrons. The van der Waals surface area contributed by atoms with E-state index in [0.717, 1.165) is 29.1 Å². The second kappa shape index (κ2) is 4.09. The highest BCUT2D eigenvalue weighted by Crippen LogP contribution is 2.12. The van der Waals surface area contributed by atoms with E-state index < -0.39 is 15.8 Å². The fraction of sp³-hybridized carbons (Fsp3) is 0.125. The van der Waals surface area contributed by atoms with E-state index in [4.69, 9.17) is 0 Å². The number of aromatic nitrogens is 4. The number of aryl methyl sites for hydroxylation is 1. The zero-order valence-electron chi connectivity index (χ0n) is 8.70. The minimum atomic E-state index is -3.81. The average Bonchev–Trinajstić information content (AvgIpc) is 2.63. The number of tetrazole rings is 1. The van der Waals surface area contributed by atoms with Gasteiger partial charge in [0.2, 0.25) is 0 Å². The van der Waals surface area contributed by atoms with E-state index >= 15 is 0 Å². The SMILES string of the molecule is Cn1nnc(NS(=O)(=O)c2ccc(F)cc2)n1. The molecule has 0 aliphatic carbocycles. The van der Waals surface area contributed by atoms with Gasteiger partial charge < -0.3 is 0 Å². The lowest BCUT2D eigenvalue weighted by Crippen LogP contribution is -2.14. The van der Waals surface area contributed by atoms with Gasteiger partial charge in [-0.15, -0.1) is 5.10 Å². The zero-order chi connectivity index (χ0) is 12.5. The molecule has 1 aromatic heterocycles. The first-order chi connectivity index (χ1) is 7.97. The number of nitrogens with one attached hydrogen (secondary N) is 1. The van der Waals surface area contributed by atoms with Gasteiger partial charge in [-0.2, -0.15) is 4.80 Å². The second-order valence-corrected chi connectivity index (χ2v) is 4.84. The number of sulfonamides is 1. The number of hydrogen-bond acceptors (Lipinski definition) is 5. The highest BCUT2D eigenvalue weighted by atomic mass is 32.2. The van der Waals surface area contributed by atoms with E-state index in [9.17, 15) is 12.8 Å². The van der Waals surface area contributed by atoms with Crippen LogP contribution in [0.1, 0.15) is 0 Å². The molecule has 0 spiro atoms. The summed E-state index contributed by atoms with van der Waals surface area (Å²) in [7, 11) is -2.31. The molecule has 0 unspecified atom stereocenters. The standard InChI is InChI=1S/C8H8FN5O2S/c1-14-11-8(10-13-14)12-17(15,16)7-4-2-6(9)3-5-7/h2-5H,1H3,(H,11,12). The molecule has 0 amide bonds. The average molecular weight is 257 g/mol. The summed E-state index contributed by atoms with van der Waals surface area (Å²) in [6, 6.07) is 4.40. The molecule has 0 bridgehead atoms. The number of benzene rings is 1. The van der Waals surface area contributed by atoms with Gasteiger partial charge in [0.05, 0.1) is 11.9 Å². The molecule has 0 fully saturated rings. The largest absolute Gasteiger partial charge is 0.277 e. The van der Waals surface area contributed by atoms with Crippen molar-refractivity contribution in [3.05, 3.63) is 30.1 Å². The summed E-state index contributed by atoms with van der Waals surface area (Å²) in [5.74, 6) is -0.654. The molecule has 1 heterocycles. The van der Waals surface area contributed by atoms with Gasteiger partial charge in [-0.1, -0.05) is 5.10 Å². The van der Waals surface area contributed by atoms with Crippen LogP contribution in [0.4, 0.5) is 10.3 Å². The van der Waals surface area contributed by atoms with Crippen LogP contribution in [0.25, 0.3) is 0 Å². The topological polar surface area (TPSA) is 89.8 Å². The molecule has 0 aliphatic rings. The highest BCUT2D eigenvalue weighted by Gasteiger charge is 2.16. The summed E-state index contributed by atoms with van der Waals surface area (Å²) >= 11 is 0. The molecule has 9 heteroatoms. The lowest BCUT2D eigenvalue weighted by atomic mass is 10.4. The maximum absolute atomic E-state index is 12.7. The van der Waals surface area contributed by atoms with Gasteiger partial charge in [0.1, 0.15) is 5.82 Å². The van der Waals surface area contributed by atoms with Gasteiger partial charge in [-0.25, -0.2) is 17.5 Å². The highest BCUT2D eigenvalue weighted by molar-refractivity contribution is 7.92. The predicted molar refractivity (Wildman–Crippen MR) is 56.0 cm³/mol. The number of nitrogens with zero attached hydrogens (tertiary/aromatic N) is 4. The van der Waals surface area contributed by atoms with Crippen LogP contribution in [0.2, 0.25) is 0 Å². The Morgan fingerprint density at radius 1 is 1.29 bits per heavy atom. The first-order valence-electron chi connectivity index (χ1n) is 4.50. The minimum Gasteiger partial charge on any atom is -0.245 e. The van der Waals surface area contributed by atoms with E-state index in [-0.39, 0.29) is 10.8 Å². The summed E-state index contributed by atoms with van der Waals surface area (Å²) in [6.07, 6.45) is 0. The fourth-order valence-corrected chi connectivity index (χ4v) is 2.05. The van der Waals surface area contributed by atoms with Crippen LogP contribution in [0, 0.1) is 5.82 Å². The third kappa shape index (κ3) is 2.56. The van der Waals surface area contributed by atoms with Gasteiger partial charge in [0.15, 0.2) is 0 Å². The number of rotatable bonds is 3. The summed E-state index contributed by atoms with van der Waals surface area (Å²) in [4.78, 5) is 1.04. The van der Waals surface area contributed by atoms with Crippen molar-refractivity contribution >= 4 is 16.0 Å². The van der Waals surface area contributed by atoms with Crippen molar-refractivity contribution in [1.29, 1.82) is 0 Å². The summed E-state index contributed by atoms with van der Waals surface area (Å²) in [5, 5.41) is 10.6. The van der Waals surface area contributed by atoms with Crippen LogP contribution in [0.5, 0.6) is 0 Å². The van der Waals surface area contributed by atoms with Crippen molar-refractivity contribution in [3.63, 3.8) is 0 Å². The molecular weight excluding hydrogens is 249 g/mol. The number of halogens is 1. The van der Waals surface area contributed by atoms with Crippen LogP contribution in [-0.2, 0) is 17.1 Å². The molecule has 0 saturated carbocycles. The van der Waals surface area contributed by atoms with Gasteiger partial charge in [0, 0.05) is 0 Å². The normalized spacial score (nSPS) is 11.4. The maximum atomic E-state index is 12.7. The first kappa shape index (κ1) is 11.5. The molecule has 90 valence electrons. The van der Waals surface area contributed by atoms with Crippen molar-refractivity contribution in [2.45, 2.75) is 4.90 Å². The molecule has 0 saturated heterocycles. The predicted octanol–water partition coefficient (Wildman–Crippen LogP) is 0.150. The van der Waals surface area contributed by atoms with Crippen molar-refractivity contribution in [2.24, 2.45) is 7.05 Å². The van der Waals surface area contributed by atoms with Gasteiger partial charge in [-0.3, -0.25) is 0 Å². The van der Waals surface area contributed by atoms with Crippen LogP contribution < -0.4 is 4.72 Å². The Hall–Kier alpha value is -2.03. The molecule has 2 rings (SSSR count). The first-order valence-corrected chi connectivity index (χ1v) is 5.98. The fourth-order valence-electron chi connectivity index (χ4n) is 1.12. The minimum absolute atomic E-state index is 0.0775. The Morgan fingerprint density at radius 2 is 1.94 bits per heavy atom. The van der Waals surface area contributed by atoms with E-state index in [1.54, 1.807) is 0 Å². The number of anilines is 1. The molecule has 2 aromatic rings. The van der Waals surface area contributed by atoms with Crippen LogP contribution in [0.3, 0.4) is 0 Å². The zero-order valence-corrected chi connectivity index (χ0v) is 9.52. The Morgan fingerprint density at radius 3 is 2.47 bits per heavy atom. The molecule has 0 aliphatic heterocycles. The van der Waals surface area contributed by atoms with Crippen LogP contribution in [-0.4, -0.2) is 28.6 Å². The van der Waals surface area contributed by atoms with Crippen LogP contribution in [0.15, 0.2) is 29.2 Å². The van der Waals surface area contributed by atoms with Gasteiger partial charge in [0.25, 0.3) is 16.0 Å². The Labute approximate surface area is 96.3 Å². The van der Waals surface area contributed by atoms with E-state index in [1.807, 2.05) is 0 Å². The number of hydrogen-bond donors (Lipinski definition) is 1. The summed E-state index contributed by atoms with van der Waals surface area (Å²) in [6.45, 7) is 0. The molecule has 1 N–H and O–H groups in total. The van der Waals surface area contributed by atoms with Crippen molar-refractivity contribution in [2.75, 3.05) is 4.72 Å². The summed E-state index contributed by atoms with van der Waals surface area (Å²) in [5.41, 5.74) is 0. The summed E-state index contributed by atoms with van der Waals surface area (Å²) < 4.78 is 38.3. The smallest absolute Gasteiger partial charge is 0.245 e. The second-order valence-electron chi connectivity index (χ2n) is 3.16. The van der Waals surface area contributed by atoms with E-state index in [2.05, 4.69) is 20.1 Å². The van der Waals surface area contributed by atoms with Crippen molar-refractivity contribution in [3.8, 4) is 0 Å². The third-order valence-corrected chi connectivity index (χ3v) is 3.20. The molecule has 0 atom stereocenters.